The van der Waals surface area contributed by atoms with Gasteiger partial charge in [-0.05, 0) is 56.1 Å². The number of ether oxygens (including phenoxy) is 1. The lowest BCUT2D eigenvalue weighted by Crippen LogP contribution is -2.00. The topological polar surface area (TPSA) is 35.2 Å². The van der Waals surface area contributed by atoms with Crippen molar-refractivity contribution in [3.63, 3.8) is 0 Å². The first-order chi connectivity index (χ1) is 8.97. The van der Waals surface area contributed by atoms with Crippen molar-refractivity contribution in [3.8, 4) is 5.75 Å². The molecule has 0 bridgehead atoms. The van der Waals surface area contributed by atoms with Crippen LogP contribution in [0.4, 0.5) is 10.1 Å². The van der Waals surface area contributed by atoms with Gasteiger partial charge in [0, 0.05) is 15.7 Å². The highest BCUT2D eigenvalue weighted by Gasteiger charge is 2.10. The minimum Gasteiger partial charge on any atom is -0.486 e. The van der Waals surface area contributed by atoms with Crippen molar-refractivity contribution < 1.29 is 9.13 Å². The fourth-order valence-electron chi connectivity index (χ4n) is 1.50. The summed E-state index contributed by atoms with van der Waals surface area (Å²) in [5.41, 5.74) is 6.35. The van der Waals surface area contributed by atoms with Crippen LogP contribution in [0.2, 0.25) is 0 Å². The van der Waals surface area contributed by atoms with E-state index in [0.717, 1.165) is 13.4 Å². The molecule has 0 aliphatic heterocycles. The van der Waals surface area contributed by atoms with E-state index in [0.29, 0.717) is 17.0 Å². The predicted octanol–water partition coefficient (Wildman–Crippen LogP) is 5.27. The Morgan fingerprint density at radius 2 is 1.68 bits per heavy atom. The van der Waals surface area contributed by atoms with Crippen LogP contribution in [-0.4, -0.2) is 0 Å². The van der Waals surface area contributed by atoms with Crippen LogP contribution in [0.1, 0.15) is 5.56 Å². The van der Waals surface area contributed by atoms with E-state index in [9.17, 15) is 4.39 Å². The van der Waals surface area contributed by atoms with Crippen LogP contribution in [0, 0.1) is 5.82 Å². The maximum absolute atomic E-state index is 13.6. The number of rotatable bonds is 3. The molecule has 2 rings (SSSR count). The van der Waals surface area contributed by atoms with Gasteiger partial charge in [-0.3, -0.25) is 0 Å². The molecular formula is C13H9Br3FNO. The number of anilines is 1. The van der Waals surface area contributed by atoms with Crippen LogP contribution in [0.3, 0.4) is 0 Å². The maximum Gasteiger partial charge on any atom is 0.148 e. The van der Waals surface area contributed by atoms with E-state index in [1.54, 1.807) is 12.1 Å². The summed E-state index contributed by atoms with van der Waals surface area (Å²) in [6, 6.07) is 8.27. The summed E-state index contributed by atoms with van der Waals surface area (Å²) in [7, 11) is 0. The van der Waals surface area contributed by atoms with Crippen molar-refractivity contribution in [2.75, 3.05) is 5.73 Å². The van der Waals surface area contributed by atoms with E-state index in [4.69, 9.17) is 10.5 Å². The molecule has 0 saturated carbocycles. The highest BCUT2D eigenvalue weighted by Crippen LogP contribution is 2.36. The molecule has 0 aromatic heterocycles. The fourth-order valence-corrected chi connectivity index (χ4v) is 3.98. The molecule has 2 aromatic rings. The first-order valence-corrected chi connectivity index (χ1v) is 7.66. The molecule has 0 atom stereocenters. The molecule has 0 aliphatic rings. The second-order valence-corrected chi connectivity index (χ2v) is 6.46. The van der Waals surface area contributed by atoms with Crippen molar-refractivity contribution in [1.82, 2.24) is 0 Å². The number of nitrogen functional groups attached to an aromatic ring is 1. The third-order valence-electron chi connectivity index (χ3n) is 2.41. The molecule has 0 saturated heterocycles. The standard InChI is InChI=1S/C13H9Br3FNO/c14-8-3-10(15)13(11(16)4-8)19-6-7-1-2-9(18)5-12(7)17/h1-5H,6,18H2. The van der Waals surface area contributed by atoms with E-state index in [1.807, 2.05) is 12.1 Å². The number of nitrogens with two attached hydrogens (primary N) is 1. The molecule has 0 unspecified atom stereocenters. The molecule has 19 heavy (non-hydrogen) atoms. The maximum atomic E-state index is 13.6. The average Bonchev–Trinajstić information content (AvgIpc) is 2.30. The molecule has 100 valence electrons. The molecular weight excluding hydrogens is 445 g/mol. The number of hydrogen-bond acceptors (Lipinski definition) is 2. The molecule has 6 heteroatoms. The fraction of sp³-hybridized carbons (Fsp3) is 0.0769. The second kappa shape index (κ2) is 6.24. The van der Waals surface area contributed by atoms with Crippen LogP contribution >= 0.6 is 47.8 Å². The summed E-state index contributed by atoms with van der Waals surface area (Å²) in [6.45, 7) is 0.130. The second-order valence-electron chi connectivity index (χ2n) is 3.84. The molecule has 2 nitrogen and oxygen atoms in total. The van der Waals surface area contributed by atoms with Crippen LogP contribution in [0.5, 0.6) is 5.75 Å². The van der Waals surface area contributed by atoms with Crippen molar-refractivity contribution in [1.29, 1.82) is 0 Å². The van der Waals surface area contributed by atoms with E-state index >= 15 is 0 Å². The summed E-state index contributed by atoms with van der Waals surface area (Å²) >= 11 is 10.2. The van der Waals surface area contributed by atoms with Gasteiger partial charge in [-0.1, -0.05) is 22.0 Å². The molecule has 0 amide bonds. The zero-order valence-corrected chi connectivity index (χ0v) is 14.3. The lowest BCUT2D eigenvalue weighted by molar-refractivity contribution is 0.296. The van der Waals surface area contributed by atoms with Crippen LogP contribution in [0.15, 0.2) is 43.7 Å². The van der Waals surface area contributed by atoms with Gasteiger partial charge in [-0.2, -0.15) is 0 Å². The van der Waals surface area contributed by atoms with E-state index in [-0.39, 0.29) is 12.4 Å². The Labute approximate surface area is 135 Å². The van der Waals surface area contributed by atoms with Gasteiger partial charge in [0.15, 0.2) is 0 Å². The van der Waals surface area contributed by atoms with Gasteiger partial charge in [-0.15, -0.1) is 0 Å². The summed E-state index contributed by atoms with van der Waals surface area (Å²) in [4.78, 5) is 0. The third-order valence-corrected chi connectivity index (χ3v) is 4.05. The summed E-state index contributed by atoms with van der Waals surface area (Å²) in [5.74, 6) is 0.254. The van der Waals surface area contributed by atoms with Crippen molar-refractivity contribution >= 4 is 53.5 Å². The lowest BCUT2D eigenvalue weighted by Gasteiger charge is -2.11. The van der Waals surface area contributed by atoms with Crippen LogP contribution in [-0.2, 0) is 6.61 Å². The molecule has 0 fully saturated rings. The van der Waals surface area contributed by atoms with Gasteiger partial charge in [-0.25, -0.2) is 4.39 Å². The Kier molecular flexibility index (Phi) is 4.86. The Hall–Kier alpha value is -0.590. The Balaban J connectivity index is 2.19. The highest BCUT2D eigenvalue weighted by atomic mass is 79.9. The smallest absolute Gasteiger partial charge is 0.148 e. The van der Waals surface area contributed by atoms with Crippen molar-refractivity contribution in [3.05, 3.63) is 55.1 Å². The SMILES string of the molecule is Nc1ccc(COc2c(Br)cc(Br)cc2Br)c(F)c1. The number of halogens is 4. The largest absolute Gasteiger partial charge is 0.486 e. The molecule has 0 aliphatic carbocycles. The Morgan fingerprint density at radius 1 is 1.05 bits per heavy atom. The van der Waals surface area contributed by atoms with E-state index in [2.05, 4.69) is 47.8 Å². The molecule has 2 aromatic carbocycles. The monoisotopic (exact) mass is 451 g/mol. The summed E-state index contributed by atoms with van der Waals surface area (Å²) < 4.78 is 21.7. The number of benzene rings is 2. The van der Waals surface area contributed by atoms with Crippen molar-refractivity contribution in [2.45, 2.75) is 6.61 Å². The van der Waals surface area contributed by atoms with Gasteiger partial charge in [0.1, 0.15) is 18.2 Å². The minimum atomic E-state index is -0.371. The van der Waals surface area contributed by atoms with Gasteiger partial charge in [0.2, 0.25) is 0 Å². The highest BCUT2D eigenvalue weighted by molar-refractivity contribution is 9.11. The lowest BCUT2D eigenvalue weighted by atomic mass is 10.2. The van der Waals surface area contributed by atoms with E-state index < -0.39 is 0 Å². The van der Waals surface area contributed by atoms with Gasteiger partial charge < -0.3 is 10.5 Å². The first kappa shape index (κ1) is 14.8. The third kappa shape index (κ3) is 3.70. The van der Waals surface area contributed by atoms with Gasteiger partial charge >= 0.3 is 0 Å². The average molecular weight is 454 g/mol. The number of hydrogen-bond donors (Lipinski definition) is 1. The first-order valence-electron chi connectivity index (χ1n) is 5.28. The quantitative estimate of drug-likeness (QED) is 0.642. The van der Waals surface area contributed by atoms with Crippen LogP contribution in [0.25, 0.3) is 0 Å². The van der Waals surface area contributed by atoms with Crippen molar-refractivity contribution in [2.24, 2.45) is 0 Å². The van der Waals surface area contributed by atoms with Gasteiger partial charge in [0.25, 0.3) is 0 Å². The Morgan fingerprint density at radius 3 is 2.26 bits per heavy atom. The van der Waals surface area contributed by atoms with Gasteiger partial charge in [0.05, 0.1) is 8.95 Å². The van der Waals surface area contributed by atoms with Crippen LogP contribution < -0.4 is 10.5 Å². The zero-order chi connectivity index (χ0) is 14.0. The normalized spacial score (nSPS) is 10.5. The molecule has 2 N–H and O–H groups in total. The van der Waals surface area contributed by atoms with E-state index in [1.165, 1.54) is 6.07 Å². The molecule has 0 spiro atoms. The predicted molar refractivity (Wildman–Crippen MR) is 84.7 cm³/mol. The summed E-state index contributed by atoms with van der Waals surface area (Å²) in [5, 5.41) is 0. The zero-order valence-electron chi connectivity index (χ0n) is 9.59. The minimum absolute atomic E-state index is 0.130. The Bertz CT molecular complexity index is 596. The molecule has 0 heterocycles. The summed E-state index contributed by atoms with van der Waals surface area (Å²) in [6.07, 6.45) is 0. The molecule has 0 radical (unpaired) electrons.